The summed E-state index contributed by atoms with van der Waals surface area (Å²) in [5, 5.41) is 7.58. The van der Waals surface area contributed by atoms with E-state index in [-0.39, 0.29) is 5.78 Å². The monoisotopic (exact) mass is 338 g/mol. The van der Waals surface area contributed by atoms with Crippen LogP contribution in [0.5, 0.6) is 0 Å². The van der Waals surface area contributed by atoms with Crippen LogP contribution in [0.2, 0.25) is 0 Å². The largest absolute Gasteiger partial charge is 0.362 e. The van der Waals surface area contributed by atoms with Gasteiger partial charge in [-0.15, -0.1) is 5.10 Å². The van der Waals surface area contributed by atoms with Gasteiger partial charge in [0, 0.05) is 17.0 Å². The molecule has 122 valence electrons. The van der Waals surface area contributed by atoms with Gasteiger partial charge in [0.05, 0.1) is 5.75 Å². The van der Waals surface area contributed by atoms with Gasteiger partial charge in [-0.3, -0.25) is 9.89 Å². The van der Waals surface area contributed by atoms with Crippen molar-refractivity contribution in [2.24, 2.45) is 0 Å². The lowest BCUT2D eigenvalue weighted by Gasteiger charge is -1.97. The molecule has 0 saturated heterocycles. The van der Waals surface area contributed by atoms with Crippen molar-refractivity contribution < 1.29 is 4.79 Å². The molecule has 5 nitrogen and oxygen atoms in total. The Hall–Kier alpha value is -2.60. The lowest BCUT2D eigenvalue weighted by atomic mass is 10.2. The second-order valence-corrected chi connectivity index (χ2v) is 6.39. The zero-order valence-electron chi connectivity index (χ0n) is 13.5. The summed E-state index contributed by atoms with van der Waals surface area (Å²) < 4.78 is 0. The van der Waals surface area contributed by atoms with E-state index in [1.54, 1.807) is 0 Å². The van der Waals surface area contributed by atoms with Gasteiger partial charge in [-0.25, -0.2) is 4.98 Å². The van der Waals surface area contributed by atoms with Crippen molar-refractivity contribution in [1.82, 2.24) is 20.2 Å². The van der Waals surface area contributed by atoms with Crippen molar-refractivity contribution in [1.29, 1.82) is 0 Å². The summed E-state index contributed by atoms with van der Waals surface area (Å²) in [6.45, 7) is 3.85. The third kappa shape index (κ3) is 4.02. The fraction of sp³-hybridized carbons (Fsp3) is 0.167. The van der Waals surface area contributed by atoms with E-state index in [1.165, 1.54) is 11.8 Å². The molecular formula is C18H18N4OS. The van der Waals surface area contributed by atoms with Crippen molar-refractivity contribution >= 4 is 29.7 Å². The minimum Gasteiger partial charge on any atom is -0.362 e. The van der Waals surface area contributed by atoms with Gasteiger partial charge < -0.3 is 4.98 Å². The molecule has 2 heterocycles. The number of rotatable bonds is 6. The first-order chi connectivity index (χ1) is 11.6. The molecule has 0 aliphatic carbocycles. The lowest BCUT2D eigenvalue weighted by Crippen LogP contribution is -2.03. The SMILES string of the molecule is Cc1cc(C(=O)CSc2n[nH]c(/C=C/c3ccccc3)n2)c(C)[nH]1. The summed E-state index contributed by atoms with van der Waals surface area (Å²) in [6, 6.07) is 11.9. The smallest absolute Gasteiger partial charge is 0.209 e. The van der Waals surface area contributed by atoms with Crippen LogP contribution >= 0.6 is 11.8 Å². The zero-order chi connectivity index (χ0) is 16.9. The number of carbonyl (C=O) groups is 1. The molecule has 6 heteroatoms. The van der Waals surface area contributed by atoms with Crippen LogP contribution in [0, 0.1) is 13.8 Å². The van der Waals surface area contributed by atoms with E-state index in [4.69, 9.17) is 0 Å². The van der Waals surface area contributed by atoms with E-state index in [0.29, 0.717) is 16.7 Å². The maximum atomic E-state index is 12.2. The normalized spacial score (nSPS) is 11.2. The van der Waals surface area contributed by atoms with Crippen LogP contribution in [0.4, 0.5) is 0 Å². The molecule has 2 aromatic heterocycles. The number of thioether (sulfide) groups is 1. The number of benzene rings is 1. The molecule has 0 spiro atoms. The highest BCUT2D eigenvalue weighted by Gasteiger charge is 2.13. The molecule has 0 saturated carbocycles. The van der Waals surface area contributed by atoms with Gasteiger partial charge in [0.15, 0.2) is 5.78 Å². The Kier molecular flexibility index (Phi) is 4.96. The number of hydrogen-bond acceptors (Lipinski definition) is 4. The highest BCUT2D eigenvalue weighted by atomic mass is 32.2. The number of ketones is 1. The van der Waals surface area contributed by atoms with Gasteiger partial charge in [0.2, 0.25) is 5.16 Å². The van der Waals surface area contributed by atoms with Gasteiger partial charge in [0.1, 0.15) is 5.82 Å². The molecule has 0 bridgehead atoms. The summed E-state index contributed by atoms with van der Waals surface area (Å²) in [6.07, 6.45) is 3.83. The Bertz CT molecular complexity index is 864. The maximum absolute atomic E-state index is 12.2. The van der Waals surface area contributed by atoms with Crippen molar-refractivity contribution in [2.45, 2.75) is 19.0 Å². The molecule has 0 fully saturated rings. The number of H-pyrrole nitrogens is 2. The van der Waals surface area contributed by atoms with Crippen molar-refractivity contribution in [3.8, 4) is 0 Å². The van der Waals surface area contributed by atoms with Crippen LogP contribution < -0.4 is 0 Å². The molecule has 0 aliphatic rings. The molecule has 0 unspecified atom stereocenters. The van der Waals surface area contributed by atoms with Gasteiger partial charge in [0.25, 0.3) is 0 Å². The van der Waals surface area contributed by atoms with Gasteiger partial charge in [-0.2, -0.15) is 0 Å². The summed E-state index contributed by atoms with van der Waals surface area (Å²) in [5.41, 5.74) is 3.72. The maximum Gasteiger partial charge on any atom is 0.209 e. The summed E-state index contributed by atoms with van der Waals surface area (Å²) in [4.78, 5) is 19.8. The second kappa shape index (κ2) is 7.31. The molecule has 24 heavy (non-hydrogen) atoms. The first-order valence-electron chi connectivity index (χ1n) is 7.59. The number of nitrogens with zero attached hydrogens (tertiary/aromatic N) is 2. The van der Waals surface area contributed by atoms with Crippen LogP contribution in [0.15, 0.2) is 41.6 Å². The number of aromatic amines is 2. The Morgan fingerprint density at radius 2 is 2.00 bits per heavy atom. The van der Waals surface area contributed by atoms with E-state index in [1.807, 2.05) is 62.4 Å². The highest BCUT2D eigenvalue weighted by Crippen LogP contribution is 2.18. The van der Waals surface area contributed by atoms with E-state index in [0.717, 1.165) is 22.5 Å². The second-order valence-electron chi connectivity index (χ2n) is 5.45. The molecule has 0 radical (unpaired) electrons. The molecule has 0 atom stereocenters. The fourth-order valence-electron chi connectivity index (χ4n) is 2.36. The quantitative estimate of drug-likeness (QED) is 0.528. The summed E-state index contributed by atoms with van der Waals surface area (Å²) in [7, 11) is 0. The number of nitrogens with one attached hydrogen (secondary N) is 2. The molecule has 3 aromatic rings. The minimum atomic E-state index is 0.0769. The Balaban J connectivity index is 1.59. The average Bonchev–Trinajstić information content (AvgIpc) is 3.17. The number of carbonyl (C=O) groups excluding carboxylic acids is 1. The average molecular weight is 338 g/mol. The van der Waals surface area contributed by atoms with E-state index in [9.17, 15) is 4.79 Å². The summed E-state index contributed by atoms with van der Waals surface area (Å²) >= 11 is 1.33. The highest BCUT2D eigenvalue weighted by molar-refractivity contribution is 7.99. The Morgan fingerprint density at radius 1 is 1.21 bits per heavy atom. The van der Waals surface area contributed by atoms with E-state index in [2.05, 4.69) is 20.2 Å². The van der Waals surface area contributed by atoms with E-state index < -0.39 is 0 Å². The number of hydrogen-bond donors (Lipinski definition) is 2. The van der Waals surface area contributed by atoms with Crippen LogP contribution in [0.1, 0.15) is 33.1 Å². The summed E-state index contributed by atoms with van der Waals surface area (Å²) in [5.74, 6) is 1.06. The van der Waals surface area contributed by atoms with Crippen LogP contribution in [0.3, 0.4) is 0 Å². The van der Waals surface area contributed by atoms with Gasteiger partial charge in [-0.05, 0) is 31.6 Å². The van der Waals surface area contributed by atoms with Crippen molar-refractivity contribution in [3.05, 3.63) is 64.7 Å². The molecule has 0 amide bonds. The number of aromatic nitrogens is 4. The third-order valence-corrected chi connectivity index (χ3v) is 4.35. The molecular weight excluding hydrogens is 320 g/mol. The van der Waals surface area contributed by atoms with Crippen LogP contribution in [-0.2, 0) is 0 Å². The minimum absolute atomic E-state index is 0.0769. The Morgan fingerprint density at radius 3 is 2.71 bits per heavy atom. The standard InChI is InChI=1S/C18H18N4OS/c1-12-10-15(13(2)19-12)16(23)11-24-18-20-17(21-22-18)9-8-14-6-4-3-5-7-14/h3-10,19H,11H2,1-2H3,(H,20,21,22)/b9-8+. The predicted octanol–water partition coefficient (Wildman–Crippen LogP) is 3.90. The molecule has 3 rings (SSSR count). The third-order valence-electron chi connectivity index (χ3n) is 3.50. The molecule has 1 aromatic carbocycles. The van der Waals surface area contributed by atoms with Crippen molar-refractivity contribution in [2.75, 3.05) is 5.75 Å². The zero-order valence-corrected chi connectivity index (χ0v) is 14.4. The first-order valence-corrected chi connectivity index (χ1v) is 8.58. The molecule has 0 aliphatic heterocycles. The van der Waals surface area contributed by atoms with Gasteiger partial charge >= 0.3 is 0 Å². The van der Waals surface area contributed by atoms with Gasteiger partial charge in [-0.1, -0.05) is 48.2 Å². The predicted molar refractivity (Wildman–Crippen MR) is 97.1 cm³/mol. The lowest BCUT2D eigenvalue weighted by molar-refractivity contribution is 0.102. The number of Topliss-reactive ketones (excluding diaryl/α,β-unsaturated/α-hetero) is 1. The molecule has 2 N–H and O–H groups in total. The van der Waals surface area contributed by atoms with Crippen LogP contribution in [-0.4, -0.2) is 31.7 Å². The first kappa shape index (κ1) is 16.3. The van der Waals surface area contributed by atoms with Crippen molar-refractivity contribution in [3.63, 3.8) is 0 Å². The number of aryl methyl sites for hydroxylation is 2. The van der Waals surface area contributed by atoms with Crippen LogP contribution in [0.25, 0.3) is 12.2 Å². The van der Waals surface area contributed by atoms with E-state index >= 15 is 0 Å². The fourth-order valence-corrected chi connectivity index (χ4v) is 3.05. The Labute approximate surface area is 144 Å². The topological polar surface area (TPSA) is 74.4 Å².